The Bertz CT molecular complexity index is 313. The van der Waals surface area contributed by atoms with Gasteiger partial charge in [0.25, 0.3) is 0 Å². The van der Waals surface area contributed by atoms with Crippen molar-refractivity contribution in [3.8, 4) is 0 Å². The number of ether oxygens (including phenoxy) is 1. The summed E-state index contributed by atoms with van der Waals surface area (Å²) in [5.41, 5.74) is -0.521. The lowest BCUT2D eigenvalue weighted by Crippen LogP contribution is -2.36. The van der Waals surface area contributed by atoms with E-state index in [1.807, 2.05) is 20.8 Å². The molecule has 1 aliphatic carbocycles. The Balaban J connectivity index is 1.79. The lowest BCUT2D eigenvalue weighted by Gasteiger charge is -2.24. The van der Waals surface area contributed by atoms with Crippen molar-refractivity contribution in [1.82, 2.24) is 10.2 Å². The summed E-state index contributed by atoms with van der Waals surface area (Å²) in [6.45, 7) is 6.73. The van der Waals surface area contributed by atoms with Crippen LogP contribution in [-0.4, -0.2) is 48.4 Å². The highest BCUT2D eigenvalue weighted by atomic mass is 19.1. The van der Waals surface area contributed by atoms with Crippen molar-refractivity contribution in [2.75, 3.05) is 19.6 Å². The Morgan fingerprint density at radius 2 is 2.06 bits per heavy atom. The van der Waals surface area contributed by atoms with Crippen LogP contribution in [0, 0.1) is 5.92 Å². The average molecular weight is 258 g/mol. The van der Waals surface area contributed by atoms with Crippen LogP contribution >= 0.6 is 0 Å². The van der Waals surface area contributed by atoms with Crippen LogP contribution < -0.4 is 5.32 Å². The molecule has 5 heteroatoms. The smallest absolute Gasteiger partial charge is 0.410 e. The normalized spacial score (nSPS) is 28.6. The molecule has 0 spiro atoms. The predicted molar refractivity (Wildman–Crippen MR) is 67.2 cm³/mol. The molecule has 1 saturated carbocycles. The molecule has 2 aliphatic rings. The van der Waals surface area contributed by atoms with Gasteiger partial charge < -0.3 is 15.0 Å². The van der Waals surface area contributed by atoms with Gasteiger partial charge in [0.1, 0.15) is 11.8 Å². The molecule has 1 aliphatic heterocycles. The maximum atomic E-state index is 13.8. The van der Waals surface area contributed by atoms with E-state index in [2.05, 4.69) is 5.32 Å². The second kappa shape index (κ2) is 5.03. The number of nitrogens with zero attached hydrogens (tertiary/aromatic N) is 1. The number of amides is 1. The molecule has 2 fully saturated rings. The van der Waals surface area contributed by atoms with Gasteiger partial charge in [0.2, 0.25) is 0 Å². The van der Waals surface area contributed by atoms with E-state index in [1.165, 1.54) is 17.7 Å². The number of carbonyl (C=O) groups excluding carboxylic acids is 1. The van der Waals surface area contributed by atoms with Crippen LogP contribution in [-0.2, 0) is 4.74 Å². The number of rotatable bonds is 3. The van der Waals surface area contributed by atoms with E-state index in [9.17, 15) is 9.18 Å². The van der Waals surface area contributed by atoms with Gasteiger partial charge in [0.05, 0.1) is 6.54 Å². The van der Waals surface area contributed by atoms with Gasteiger partial charge in [0, 0.05) is 25.0 Å². The van der Waals surface area contributed by atoms with E-state index in [-0.39, 0.29) is 12.5 Å². The molecule has 1 saturated heterocycles. The lowest BCUT2D eigenvalue weighted by molar-refractivity contribution is 0.0281. The number of nitrogens with one attached hydrogen (secondary N) is 1. The molecule has 104 valence electrons. The van der Waals surface area contributed by atoms with Crippen LogP contribution in [0.5, 0.6) is 0 Å². The van der Waals surface area contributed by atoms with Gasteiger partial charge in [-0.15, -0.1) is 0 Å². The van der Waals surface area contributed by atoms with Gasteiger partial charge in [-0.3, -0.25) is 0 Å². The average Bonchev–Trinajstić information content (AvgIpc) is 2.97. The first-order chi connectivity index (χ1) is 8.35. The molecule has 0 aromatic carbocycles. The fourth-order valence-electron chi connectivity index (χ4n) is 2.11. The van der Waals surface area contributed by atoms with Gasteiger partial charge >= 0.3 is 6.09 Å². The molecule has 4 nitrogen and oxygen atoms in total. The third-order valence-corrected chi connectivity index (χ3v) is 3.26. The molecule has 18 heavy (non-hydrogen) atoms. The predicted octanol–water partition coefficient (Wildman–Crippen LogP) is 1.94. The standard InChI is InChI=1S/C13H23FN2O2/c1-13(2,3)18-12(17)16-7-9(11(14)8-16)6-15-10-4-5-10/h9-11,15H,4-8H2,1-3H3/t9-,11+/m0/s1. The highest BCUT2D eigenvalue weighted by Gasteiger charge is 2.37. The summed E-state index contributed by atoms with van der Waals surface area (Å²) in [5, 5.41) is 3.32. The van der Waals surface area contributed by atoms with Crippen molar-refractivity contribution >= 4 is 6.09 Å². The zero-order valence-electron chi connectivity index (χ0n) is 11.4. The number of carbonyl (C=O) groups is 1. The molecule has 0 radical (unpaired) electrons. The van der Waals surface area contributed by atoms with Crippen molar-refractivity contribution in [2.45, 2.75) is 51.4 Å². The van der Waals surface area contributed by atoms with Crippen molar-refractivity contribution < 1.29 is 13.9 Å². The maximum absolute atomic E-state index is 13.8. The van der Waals surface area contributed by atoms with E-state index in [4.69, 9.17) is 4.74 Å². The Hall–Kier alpha value is -0.840. The molecule has 1 amide bonds. The number of alkyl halides is 1. The summed E-state index contributed by atoms with van der Waals surface area (Å²) in [6, 6.07) is 0.577. The van der Waals surface area contributed by atoms with Crippen LogP contribution in [0.4, 0.5) is 9.18 Å². The summed E-state index contributed by atoms with van der Waals surface area (Å²) in [5.74, 6) is -0.0990. The Labute approximate surface area is 108 Å². The number of hydrogen-bond donors (Lipinski definition) is 1. The topological polar surface area (TPSA) is 41.6 Å². The van der Waals surface area contributed by atoms with Gasteiger partial charge in [-0.25, -0.2) is 9.18 Å². The largest absolute Gasteiger partial charge is 0.444 e. The summed E-state index contributed by atoms with van der Waals surface area (Å²) < 4.78 is 19.1. The first-order valence-electron chi connectivity index (χ1n) is 6.70. The van der Waals surface area contributed by atoms with Crippen LogP contribution in [0.2, 0.25) is 0 Å². The monoisotopic (exact) mass is 258 g/mol. The second-order valence-corrected chi connectivity index (χ2v) is 6.34. The summed E-state index contributed by atoms with van der Waals surface area (Å²) in [7, 11) is 0. The molecule has 0 bridgehead atoms. The minimum Gasteiger partial charge on any atom is -0.444 e. The molecular weight excluding hydrogens is 235 g/mol. The van der Waals surface area contributed by atoms with Crippen molar-refractivity contribution in [2.24, 2.45) is 5.92 Å². The zero-order valence-corrected chi connectivity index (χ0v) is 11.4. The first kappa shape index (κ1) is 13.6. The highest BCUT2D eigenvalue weighted by Crippen LogP contribution is 2.24. The number of hydrogen-bond acceptors (Lipinski definition) is 3. The molecular formula is C13H23FN2O2. The maximum Gasteiger partial charge on any atom is 0.410 e. The van der Waals surface area contributed by atoms with E-state index in [1.54, 1.807) is 0 Å². The van der Waals surface area contributed by atoms with Crippen LogP contribution in [0.3, 0.4) is 0 Å². The number of halogens is 1. The van der Waals surface area contributed by atoms with E-state index in [0.29, 0.717) is 19.1 Å². The third kappa shape index (κ3) is 3.83. The van der Waals surface area contributed by atoms with E-state index < -0.39 is 17.9 Å². The molecule has 2 rings (SSSR count). The fourth-order valence-corrected chi connectivity index (χ4v) is 2.11. The number of likely N-dealkylation sites (tertiary alicyclic amines) is 1. The Morgan fingerprint density at radius 1 is 1.39 bits per heavy atom. The van der Waals surface area contributed by atoms with Crippen molar-refractivity contribution in [1.29, 1.82) is 0 Å². The first-order valence-corrected chi connectivity index (χ1v) is 6.70. The SMILES string of the molecule is CC(C)(C)OC(=O)N1C[C@H](CNC2CC2)[C@H](F)C1. The summed E-state index contributed by atoms with van der Waals surface area (Å²) in [4.78, 5) is 13.3. The van der Waals surface area contributed by atoms with Crippen LogP contribution in [0.1, 0.15) is 33.6 Å². The zero-order chi connectivity index (χ0) is 13.3. The molecule has 0 aromatic rings. The fraction of sp³-hybridized carbons (Fsp3) is 0.923. The van der Waals surface area contributed by atoms with Crippen LogP contribution in [0.25, 0.3) is 0 Å². The minimum absolute atomic E-state index is 0.0990. The third-order valence-electron chi connectivity index (χ3n) is 3.26. The summed E-state index contributed by atoms with van der Waals surface area (Å²) >= 11 is 0. The van der Waals surface area contributed by atoms with Gasteiger partial charge in [-0.1, -0.05) is 0 Å². The van der Waals surface area contributed by atoms with Gasteiger partial charge in [-0.05, 0) is 33.6 Å². The van der Waals surface area contributed by atoms with E-state index in [0.717, 1.165) is 0 Å². The summed E-state index contributed by atoms with van der Waals surface area (Å²) in [6.07, 6.45) is 1.04. The van der Waals surface area contributed by atoms with Crippen molar-refractivity contribution in [3.63, 3.8) is 0 Å². The molecule has 0 unspecified atom stereocenters. The lowest BCUT2D eigenvalue weighted by atomic mass is 10.1. The van der Waals surface area contributed by atoms with Crippen LogP contribution in [0.15, 0.2) is 0 Å². The molecule has 0 aromatic heterocycles. The van der Waals surface area contributed by atoms with Gasteiger partial charge in [-0.2, -0.15) is 0 Å². The molecule has 1 N–H and O–H groups in total. The van der Waals surface area contributed by atoms with E-state index >= 15 is 0 Å². The van der Waals surface area contributed by atoms with Crippen molar-refractivity contribution in [3.05, 3.63) is 0 Å². The molecule has 2 atom stereocenters. The Kier molecular flexibility index (Phi) is 3.80. The minimum atomic E-state index is -0.941. The highest BCUT2D eigenvalue weighted by molar-refractivity contribution is 5.68. The quantitative estimate of drug-likeness (QED) is 0.841. The Morgan fingerprint density at radius 3 is 2.61 bits per heavy atom. The van der Waals surface area contributed by atoms with Gasteiger partial charge in [0.15, 0.2) is 0 Å². The molecule has 1 heterocycles. The second-order valence-electron chi connectivity index (χ2n) is 6.34.